The summed E-state index contributed by atoms with van der Waals surface area (Å²) >= 11 is 0. The van der Waals surface area contributed by atoms with E-state index in [4.69, 9.17) is 4.74 Å². The van der Waals surface area contributed by atoms with Crippen LogP contribution in [0.3, 0.4) is 0 Å². The van der Waals surface area contributed by atoms with E-state index in [0.717, 1.165) is 54.3 Å². The number of benzene rings is 1. The van der Waals surface area contributed by atoms with E-state index in [1.54, 1.807) is 7.11 Å². The van der Waals surface area contributed by atoms with Crippen LogP contribution in [-0.2, 0) is 11.2 Å². The van der Waals surface area contributed by atoms with Gasteiger partial charge in [-0.05, 0) is 50.8 Å². The smallest absolute Gasteiger partial charge is 0.234 e. The Bertz CT molecular complexity index is 763. The van der Waals surface area contributed by atoms with Crippen molar-refractivity contribution in [3.8, 4) is 11.4 Å². The number of hydrogen-bond acceptors (Lipinski definition) is 4. The molecule has 140 valence electrons. The molecule has 6 nitrogen and oxygen atoms in total. The van der Waals surface area contributed by atoms with E-state index < -0.39 is 0 Å². The third kappa shape index (κ3) is 4.25. The molecule has 2 aromatic rings. The molecule has 26 heavy (non-hydrogen) atoms. The molecule has 0 atom stereocenters. The summed E-state index contributed by atoms with van der Waals surface area (Å²) in [6.45, 7) is 5.97. The van der Waals surface area contributed by atoms with Gasteiger partial charge in [-0.3, -0.25) is 10.2 Å². The molecule has 6 heteroatoms. The number of hydrogen-bond donors (Lipinski definition) is 1. The van der Waals surface area contributed by atoms with E-state index in [1.165, 1.54) is 6.42 Å². The van der Waals surface area contributed by atoms with Crippen molar-refractivity contribution >= 4 is 5.91 Å². The Hall–Kier alpha value is -2.34. The molecule has 1 aliphatic heterocycles. The van der Waals surface area contributed by atoms with Gasteiger partial charge < -0.3 is 4.74 Å². The van der Waals surface area contributed by atoms with Crippen LogP contribution in [0.5, 0.6) is 5.75 Å². The lowest BCUT2D eigenvalue weighted by Crippen LogP contribution is -2.45. The minimum absolute atomic E-state index is 0.0832. The quantitative estimate of drug-likeness (QED) is 0.864. The molecule has 0 spiro atoms. The highest BCUT2D eigenvalue weighted by Crippen LogP contribution is 2.22. The topological polar surface area (TPSA) is 59.4 Å². The van der Waals surface area contributed by atoms with Crippen molar-refractivity contribution in [3.63, 3.8) is 0 Å². The Kier molecular flexibility index (Phi) is 5.93. The minimum atomic E-state index is 0.0832. The van der Waals surface area contributed by atoms with E-state index in [2.05, 4.69) is 17.4 Å². The number of aryl methyl sites for hydroxylation is 1. The summed E-state index contributed by atoms with van der Waals surface area (Å²) in [7, 11) is 1.66. The molecular formula is C20H28N4O2. The van der Waals surface area contributed by atoms with Crippen molar-refractivity contribution < 1.29 is 9.53 Å². The number of ether oxygens (including phenoxy) is 1. The summed E-state index contributed by atoms with van der Waals surface area (Å²) in [5.41, 5.74) is 7.18. The fraction of sp³-hybridized carbons (Fsp3) is 0.500. The number of methoxy groups -OCH3 is 1. The van der Waals surface area contributed by atoms with Crippen LogP contribution in [0, 0.1) is 13.8 Å². The summed E-state index contributed by atoms with van der Waals surface area (Å²) in [5.74, 6) is 0.886. The molecule has 1 amide bonds. The highest BCUT2D eigenvalue weighted by molar-refractivity contribution is 5.75. The maximum Gasteiger partial charge on any atom is 0.234 e. The monoisotopic (exact) mass is 356 g/mol. The standard InChI is InChI=1S/C20H28N4O2/c1-15-19(10-11-20(25)22-23-12-5-4-6-13-23)16(2)24(21-15)17-8-7-9-18(14-17)26-3/h7-9,14H,4-6,10-13H2,1-3H3,(H,22,25). The van der Waals surface area contributed by atoms with E-state index in [0.29, 0.717) is 12.8 Å². The van der Waals surface area contributed by atoms with Crippen LogP contribution in [0.1, 0.15) is 42.6 Å². The van der Waals surface area contributed by atoms with Gasteiger partial charge in [-0.1, -0.05) is 12.5 Å². The summed E-state index contributed by atoms with van der Waals surface area (Å²) < 4.78 is 7.23. The van der Waals surface area contributed by atoms with E-state index in [9.17, 15) is 4.79 Å². The molecule has 1 aromatic heterocycles. The predicted octanol–water partition coefficient (Wildman–Crippen LogP) is 2.95. The first-order valence-corrected chi connectivity index (χ1v) is 9.32. The Morgan fingerprint density at radius 2 is 2.00 bits per heavy atom. The summed E-state index contributed by atoms with van der Waals surface area (Å²) in [6, 6.07) is 7.85. The van der Waals surface area contributed by atoms with E-state index in [-0.39, 0.29) is 5.91 Å². The largest absolute Gasteiger partial charge is 0.497 e. The lowest BCUT2D eigenvalue weighted by Gasteiger charge is -2.26. The number of rotatable bonds is 6. The van der Waals surface area contributed by atoms with Crippen LogP contribution in [0.15, 0.2) is 24.3 Å². The average molecular weight is 356 g/mol. The van der Waals surface area contributed by atoms with Crippen molar-refractivity contribution in [2.24, 2.45) is 0 Å². The zero-order chi connectivity index (χ0) is 18.5. The molecular weight excluding hydrogens is 328 g/mol. The van der Waals surface area contributed by atoms with Gasteiger partial charge in [-0.25, -0.2) is 9.69 Å². The SMILES string of the molecule is COc1cccc(-n2nc(C)c(CCC(=O)NN3CCCCC3)c2C)c1. The molecule has 1 aliphatic rings. The molecule has 0 aliphatic carbocycles. The second kappa shape index (κ2) is 8.36. The number of piperidine rings is 1. The van der Waals surface area contributed by atoms with Crippen LogP contribution in [0.2, 0.25) is 0 Å². The molecule has 2 heterocycles. The van der Waals surface area contributed by atoms with Gasteiger partial charge in [0, 0.05) is 31.3 Å². The summed E-state index contributed by atoms with van der Waals surface area (Å²) in [5, 5.41) is 6.72. The minimum Gasteiger partial charge on any atom is -0.497 e. The fourth-order valence-electron chi connectivity index (χ4n) is 3.51. The number of carbonyl (C=O) groups excluding carboxylic acids is 1. The molecule has 0 radical (unpaired) electrons. The Morgan fingerprint density at radius 1 is 1.23 bits per heavy atom. The van der Waals surface area contributed by atoms with Gasteiger partial charge in [0.25, 0.3) is 0 Å². The zero-order valence-corrected chi connectivity index (χ0v) is 15.9. The van der Waals surface area contributed by atoms with E-state index in [1.807, 2.05) is 40.9 Å². The number of aromatic nitrogens is 2. The van der Waals surface area contributed by atoms with Crippen molar-refractivity contribution in [3.05, 3.63) is 41.2 Å². The third-order valence-electron chi connectivity index (χ3n) is 4.98. The van der Waals surface area contributed by atoms with Gasteiger partial charge in [0.15, 0.2) is 0 Å². The van der Waals surface area contributed by atoms with Crippen LogP contribution in [0.25, 0.3) is 5.69 Å². The second-order valence-corrected chi connectivity index (χ2v) is 6.85. The first-order chi connectivity index (χ1) is 12.6. The van der Waals surface area contributed by atoms with Crippen molar-refractivity contribution in [2.45, 2.75) is 46.0 Å². The summed E-state index contributed by atoms with van der Waals surface area (Å²) in [4.78, 5) is 12.3. The van der Waals surface area contributed by atoms with Gasteiger partial charge in [0.2, 0.25) is 5.91 Å². The van der Waals surface area contributed by atoms with Gasteiger partial charge >= 0.3 is 0 Å². The van der Waals surface area contributed by atoms with Crippen LogP contribution >= 0.6 is 0 Å². The fourth-order valence-corrected chi connectivity index (χ4v) is 3.51. The average Bonchev–Trinajstić information content (AvgIpc) is 2.95. The number of carbonyl (C=O) groups is 1. The van der Waals surface area contributed by atoms with Gasteiger partial charge in [-0.2, -0.15) is 5.10 Å². The maximum atomic E-state index is 12.3. The van der Waals surface area contributed by atoms with Gasteiger partial charge in [0.1, 0.15) is 5.75 Å². The first-order valence-electron chi connectivity index (χ1n) is 9.32. The summed E-state index contributed by atoms with van der Waals surface area (Å²) in [6.07, 6.45) is 4.75. The van der Waals surface area contributed by atoms with Crippen LogP contribution in [0.4, 0.5) is 0 Å². The highest BCUT2D eigenvalue weighted by atomic mass is 16.5. The number of amides is 1. The van der Waals surface area contributed by atoms with Crippen molar-refractivity contribution in [1.82, 2.24) is 20.2 Å². The highest BCUT2D eigenvalue weighted by Gasteiger charge is 2.16. The van der Waals surface area contributed by atoms with Gasteiger partial charge in [-0.15, -0.1) is 0 Å². The Labute approximate surface area is 155 Å². The second-order valence-electron chi connectivity index (χ2n) is 6.85. The number of nitrogens with one attached hydrogen (secondary N) is 1. The number of nitrogens with zero attached hydrogens (tertiary/aromatic N) is 3. The Morgan fingerprint density at radius 3 is 2.73 bits per heavy atom. The first kappa shape index (κ1) is 18.5. The normalized spacial score (nSPS) is 15.0. The third-order valence-corrected chi connectivity index (χ3v) is 4.98. The lowest BCUT2D eigenvalue weighted by molar-refractivity contribution is -0.126. The molecule has 1 N–H and O–H groups in total. The zero-order valence-electron chi connectivity index (χ0n) is 15.9. The van der Waals surface area contributed by atoms with E-state index >= 15 is 0 Å². The molecule has 1 aromatic carbocycles. The van der Waals surface area contributed by atoms with Crippen LogP contribution in [-0.4, -0.2) is 40.9 Å². The molecule has 1 fully saturated rings. The molecule has 0 saturated carbocycles. The van der Waals surface area contributed by atoms with Crippen LogP contribution < -0.4 is 10.2 Å². The number of hydrazine groups is 1. The maximum absolute atomic E-state index is 12.3. The lowest BCUT2D eigenvalue weighted by atomic mass is 10.1. The molecule has 3 rings (SSSR count). The predicted molar refractivity (Wildman–Crippen MR) is 101 cm³/mol. The molecule has 0 bridgehead atoms. The molecule has 0 unspecified atom stereocenters. The Balaban J connectivity index is 1.66. The van der Waals surface area contributed by atoms with Gasteiger partial charge in [0.05, 0.1) is 18.5 Å². The molecule has 1 saturated heterocycles. The van der Waals surface area contributed by atoms with Crippen molar-refractivity contribution in [1.29, 1.82) is 0 Å². The van der Waals surface area contributed by atoms with Crippen molar-refractivity contribution in [2.75, 3.05) is 20.2 Å².